The van der Waals surface area contributed by atoms with Crippen molar-refractivity contribution in [1.29, 1.82) is 0 Å². The number of fused-ring (bicyclic) bond motifs is 1. The number of aryl methyl sites for hydroxylation is 1. The highest BCUT2D eigenvalue weighted by molar-refractivity contribution is 5.65. The maximum absolute atomic E-state index is 13.2. The molecule has 2 aromatic carbocycles. The standard InChI is InChI=1S/C16H15FO/c17-14-5-1-3-11(10-14)12-7-8-15-13(9-12)4-2-6-16(15)18/h1,3,5,7-10,16,18H,2,4,6H2. The number of benzene rings is 2. The van der Waals surface area contributed by atoms with Gasteiger partial charge in [-0.2, -0.15) is 0 Å². The smallest absolute Gasteiger partial charge is 0.123 e. The Morgan fingerprint density at radius 2 is 1.89 bits per heavy atom. The summed E-state index contributed by atoms with van der Waals surface area (Å²) in [5.74, 6) is -0.217. The molecule has 1 aliphatic carbocycles. The van der Waals surface area contributed by atoms with Gasteiger partial charge in [-0.3, -0.25) is 0 Å². The summed E-state index contributed by atoms with van der Waals surface area (Å²) in [7, 11) is 0. The maximum Gasteiger partial charge on any atom is 0.123 e. The van der Waals surface area contributed by atoms with E-state index >= 15 is 0 Å². The van der Waals surface area contributed by atoms with Gasteiger partial charge in [0.1, 0.15) is 5.82 Å². The lowest BCUT2D eigenvalue weighted by Gasteiger charge is -2.22. The zero-order chi connectivity index (χ0) is 12.5. The summed E-state index contributed by atoms with van der Waals surface area (Å²) in [4.78, 5) is 0. The predicted molar refractivity (Wildman–Crippen MR) is 69.7 cm³/mol. The molecule has 0 aromatic heterocycles. The lowest BCUT2D eigenvalue weighted by atomic mass is 9.87. The molecule has 0 amide bonds. The van der Waals surface area contributed by atoms with Crippen molar-refractivity contribution in [1.82, 2.24) is 0 Å². The van der Waals surface area contributed by atoms with E-state index in [0.29, 0.717) is 0 Å². The fourth-order valence-corrected chi connectivity index (χ4v) is 2.64. The van der Waals surface area contributed by atoms with E-state index in [1.165, 1.54) is 11.6 Å². The molecule has 0 radical (unpaired) electrons. The average Bonchev–Trinajstić information content (AvgIpc) is 2.39. The van der Waals surface area contributed by atoms with Crippen molar-refractivity contribution in [3.8, 4) is 11.1 Å². The van der Waals surface area contributed by atoms with Crippen LogP contribution < -0.4 is 0 Å². The van der Waals surface area contributed by atoms with Gasteiger partial charge in [-0.25, -0.2) is 4.39 Å². The summed E-state index contributed by atoms with van der Waals surface area (Å²) >= 11 is 0. The number of hydrogen-bond acceptors (Lipinski definition) is 1. The Morgan fingerprint density at radius 3 is 2.72 bits per heavy atom. The Labute approximate surface area is 106 Å². The Hall–Kier alpha value is -1.67. The highest BCUT2D eigenvalue weighted by Gasteiger charge is 2.18. The largest absolute Gasteiger partial charge is 0.388 e. The molecule has 3 rings (SSSR count). The monoisotopic (exact) mass is 242 g/mol. The molecule has 1 nitrogen and oxygen atoms in total. The second-order valence-electron chi connectivity index (χ2n) is 4.83. The van der Waals surface area contributed by atoms with Crippen molar-refractivity contribution in [2.24, 2.45) is 0 Å². The Kier molecular flexibility index (Phi) is 2.88. The SMILES string of the molecule is OC1CCCc2cc(-c3cccc(F)c3)ccc21. The number of halogens is 1. The van der Waals surface area contributed by atoms with Crippen LogP contribution in [-0.4, -0.2) is 5.11 Å². The van der Waals surface area contributed by atoms with Gasteiger partial charge >= 0.3 is 0 Å². The number of aliphatic hydroxyl groups is 1. The quantitative estimate of drug-likeness (QED) is 0.805. The Balaban J connectivity index is 2.04. The molecular weight excluding hydrogens is 227 g/mol. The minimum atomic E-state index is -0.338. The molecule has 1 N–H and O–H groups in total. The molecule has 2 heteroatoms. The summed E-state index contributed by atoms with van der Waals surface area (Å²) in [5.41, 5.74) is 4.12. The third kappa shape index (κ3) is 2.04. The van der Waals surface area contributed by atoms with Crippen LogP contribution in [0.15, 0.2) is 42.5 Å². The third-order valence-electron chi connectivity index (χ3n) is 3.58. The fraction of sp³-hybridized carbons (Fsp3) is 0.250. The van der Waals surface area contributed by atoms with Gasteiger partial charge in [-0.1, -0.05) is 30.3 Å². The molecule has 0 aliphatic heterocycles. The van der Waals surface area contributed by atoms with Crippen LogP contribution in [0.2, 0.25) is 0 Å². The molecule has 0 bridgehead atoms. The van der Waals surface area contributed by atoms with Crippen molar-refractivity contribution < 1.29 is 9.50 Å². The summed E-state index contributed by atoms with van der Waals surface area (Å²) in [6.07, 6.45) is 2.51. The van der Waals surface area contributed by atoms with E-state index in [-0.39, 0.29) is 11.9 Å². The van der Waals surface area contributed by atoms with Crippen LogP contribution in [0.1, 0.15) is 30.1 Å². The van der Waals surface area contributed by atoms with Crippen LogP contribution in [-0.2, 0) is 6.42 Å². The van der Waals surface area contributed by atoms with E-state index in [1.807, 2.05) is 18.2 Å². The molecule has 0 heterocycles. The minimum Gasteiger partial charge on any atom is -0.388 e. The molecule has 18 heavy (non-hydrogen) atoms. The van der Waals surface area contributed by atoms with Gasteiger partial charge in [0.05, 0.1) is 6.10 Å². The molecule has 1 aliphatic rings. The summed E-state index contributed by atoms with van der Waals surface area (Å²) in [6.45, 7) is 0. The first-order valence-corrected chi connectivity index (χ1v) is 6.31. The van der Waals surface area contributed by atoms with E-state index in [2.05, 4.69) is 6.07 Å². The van der Waals surface area contributed by atoms with Crippen LogP contribution in [0.25, 0.3) is 11.1 Å². The van der Waals surface area contributed by atoms with Crippen molar-refractivity contribution in [3.05, 3.63) is 59.4 Å². The summed E-state index contributed by atoms with van der Waals surface area (Å²) in [5, 5.41) is 9.91. The van der Waals surface area contributed by atoms with E-state index in [4.69, 9.17) is 0 Å². The average molecular weight is 242 g/mol. The van der Waals surface area contributed by atoms with Crippen LogP contribution in [0.3, 0.4) is 0 Å². The van der Waals surface area contributed by atoms with Gasteiger partial charge in [0.2, 0.25) is 0 Å². The van der Waals surface area contributed by atoms with E-state index in [0.717, 1.165) is 36.0 Å². The molecule has 1 atom stereocenters. The van der Waals surface area contributed by atoms with Crippen molar-refractivity contribution in [2.75, 3.05) is 0 Å². The lowest BCUT2D eigenvalue weighted by Crippen LogP contribution is -2.08. The van der Waals surface area contributed by atoms with Gasteiger partial charge in [0.25, 0.3) is 0 Å². The molecule has 0 fully saturated rings. The molecule has 0 spiro atoms. The number of hydrogen-bond donors (Lipinski definition) is 1. The zero-order valence-corrected chi connectivity index (χ0v) is 10.1. The van der Waals surface area contributed by atoms with E-state index in [1.54, 1.807) is 12.1 Å². The topological polar surface area (TPSA) is 20.2 Å². The Bertz CT molecular complexity index is 577. The first-order chi connectivity index (χ1) is 8.74. The van der Waals surface area contributed by atoms with Crippen LogP contribution in [0, 0.1) is 5.82 Å². The molecule has 2 aromatic rings. The van der Waals surface area contributed by atoms with Crippen LogP contribution in [0.4, 0.5) is 4.39 Å². The first kappa shape index (κ1) is 11.4. The van der Waals surface area contributed by atoms with Crippen molar-refractivity contribution in [3.63, 3.8) is 0 Å². The van der Waals surface area contributed by atoms with Gasteiger partial charge in [0.15, 0.2) is 0 Å². The lowest BCUT2D eigenvalue weighted by molar-refractivity contribution is 0.156. The second kappa shape index (κ2) is 4.54. The van der Waals surface area contributed by atoms with Gasteiger partial charge < -0.3 is 5.11 Å². The number of rotatable bonds is 1. The second-order valence-corrected chi connectivity index (χ2v) is 4.83. The summed E-state index contributed by atoms with van der Waals surface area (Å²) in [6, 6.07) is 12.6. The molecule has 0 saturated carbocycles. The van der Waals surface area contributed by atoms with Gasteiger partial charge in [-0.05, 0) is 53.6 Å². The van der Waals surface area contributed by atoms with Crippen molar-refractivity contribution >= 4 is 0 Å². The van der Waals surface area contributed by atoms with Gasteiger partial charge in [0, 0.05) is 0 Å². The van der Waals surface area contributed by atoms with Crippen molar-refractivity contribution in [2.45, 2.75) is 25.4 Å². The normalized spacial score (nSPS) is 18.4. The predicted octanol–water partition coefficient (Wildman–Crippen LogP) is 3.86. The van der Waals surface area contributed by atoms with E-state index < -0.39 is 0 Å². The minimum absolute atomic E-state index is 0.217. The van der Waals surface area contributed by atoms with E-state index in [9.17, 15) is 9.50 Å². The molecule has 0 saturated heterocycles. The molecule has 1 unspecified atom stereocenters. The summed E-state index contributed by atoms with van der Waals surface area (Å²) < 4.78 is 13.2. The van der Waals surface area contributed by atoms with Crippen LogP contribution >= 0.6 is 0 Å². The van der Waals surface area contributed by atoms with Crippen LogP contribution in [0.5, 0.6) is 0 Å². The molecular formula is C16H15FO. The highest BCUT2D eigenvalue weighted by atomic mass is 19.1. The molecule has 92 valence electrons. The maximum atomic E-state index is 13.2. The fourth-order valence-electron chi connectivity index (χ4n) is 2.64. The third-order valence-corrected chi connectivity index (χ3v) is 3.58. The van der Waals surface area contributed by atoms with Gasteiger partial charge in [-0.15, -0.1) is 0 Å². The first-order valence-electron chi connectivity index (χ1n) is 6.31. The highest BCUT2D eigenvalue weighted by Crippen LogP contribution is 2.32. The Morgan fingerprint density at radius 1 is 1.06 bits per heavy atom. The zero-order valence-electron chi connectivity index (χ0n) is 10.1. The number of aliphatic hydroxyl groups excluding tert-OH is 1.